The Morgan fingerprint density at radius 3 is 1.73 bits per heavy atom. The lowest BCUT2D eigenvalue weighted by Gasteiger charge is -2.25. The minimum absolute atomic E-state index is 0.126. The van der Waals surface area contributed by atoms with Crippen molar-refractivity contribution in [1.82, 2.24) is 10.3 Å². The van der Waals surface area contributed by atoms with Gasteiger partial charge in [-0.3, -0.25) is 10.1 Å². The van der Waals surface area contributed by atoms with Crippen LogP contribution in [-0.4, -0.2) is 89.7 Å². The molecule has 0 unspecified atom stereocenters. The zero-order valence-electron chi connectivity index (χ0n) is 19.9. The Hall–Kier alpha value is -4.66. The number of phenols is 9. The van der Waals surface area contributed by atoms with Crippen molar-refractivity contribution in [3.63, 3.8) is 0 Å². The highest BCUT2D eigenvalue weighted by Gasteiger charge is 2.40. The number of nitrogen functional groups attached to an aromatic ring is 1. The number of benzene rings is 2. The Morgan fingerprint density at radius 1 is 0.775 bits per heavy atom. The van der Waals surface area contributed by atoms with E-state index in [9.17, 15) is 71.2 Å². The zero-order chi connectivity index (χ0) is 30.3. The lowest BCUT2D eigenvalue weighted by Crippen LogP contribution is -2.47. The molecule has 0 radical (unpaired) electrons. The maximum Gasteiger partial charge on any atom is 0.291 e. The van der Waals surface area contributed by atoms with Crippen LogP contribution in [0.4, 0.5) is 10.8 Å². The van der Waals surface area contributed by atoms with Crippen molar-refractivity contribution in [1.29, 1.82) is 0 Å². The summed E-state index contributed by atoms with van der Waals surface area (Å²) in [4.78, 5) is 15.9. The number of amides is 1. The Balaban J connectivity index is 1.80. The van der Waals surface area contributed by atoms with Crippen molar-refractivity contribution >= 4 is 28.1 Å². The molecule has 1 aromatic heterocycles. The number of carbonyl (C=O) groups excluding carboxylic acids is 1. The van der Waals surface area contributed by atoms with Crippen molar-refractivity contribution in [2.75, 3.05) is 17.6 Å². The van der Waals surface area contributed by atoms with Gasteiger partial charge in [-0.25, -0.2) is 4.98 Å². The van der Waals surface area contributed by atoms with Gasteiger partial charge in [-0.1, -0.05) is 0 Å². The average molecular weight is 589 g/mol. The minimum atomic E-state index is -3.33. The fourth-order valence-corrected chi connectivity index (χ4v) is 4.07. The molecule has 2 aromatic carbocycles. The number of thiazole rings is 1. The van der Waals surface area contributed by atoms with Crippen LogP contribution in [0.15, 0.2) is 5.38 Å². The number of aliphatic hydroxyl groups is 4. The van der Waals surface area contributed by atoms with Crippen molar-refractivity contribution in [2.45, 2.75) is 24.5 Å². The molecule has 0 spiro atoms. The number of hydrogen-bond acceptors (Lipinski definition) is 18. The van der Waals surface area contributed by atoms with Crippen LogP contribution in [-0.2, 0) is 23.4 Å². The monoisotopic (exact) mass is 588 g/mol. The fourth-order valence-electron chi connectivity index (χ4n) is 3.47. The normalized spacial score (nSPS) is 12.0. The Kier molecular flexibility index (Phi) is 7.83. The number of hydrogen-bond donors (Lipinski definition) is 16. The molecule has 218 valence electrons. The van der Waals surface area contributed by atoms with E-state index in [-0.39, 0.29) is 5.13 Å². The topological polar surface area (TPSA) is 343 Å². The van der Waals surface area contributed by atoms with Crippen molar-refractivity contribution in [3.05, 3.63) is 22.2 Å². The van der Waals surface area contributed by atoms with Gasteiger partial charge in [0.05, 0.1) is 5.56 Å². The quantitative estimate of drug-likeness (QED) is 0.0720. The summed E-state index contributed by atoms with van der Waals surface area (Å²) in [5.41, 5.74) is 2.29. The number of nitrogens with two attached hydrogens (primary N) is 1. The molecule has 0 aliphatic heterocycles. The van der Waals surface area contributed by atoms with Crippen LogP contribution in [0.25, 0.3) is 0 Å². The molecule has 0 fully saturated rings. The standard InChI is InChI=1S/C21H24N4O14S/c22-19-24-7(4-40-19)21(38,39)18(35)25-8-13(30)11(28)6(12(29)14(8)31)3-20(36,37)23-2-1-5-9(26)15(32)17(34)16(33)10(5)27/h4,23,26-34,36-39H,1-3H2,(H2,22,24)(H,25,35). The molecule has 0 aliphatic carbocycles. The Bertz CT molecular complexity index is 1410. The Labute approximate surface area is 226 Å². The van der Waals surface area contributed by atoms with E-state index in [0.29, 0.717) is 0 Å². The van der Waals surface area contributed by atoms with Crippen LogP contribution in [0.5, 0.6) is 51.7 Å². The summed E-state index contributed by atoms with van der Waals surface area (Å²) in [6, 6.07) is 0. The van der Waals surface area contributed by atoms with Crippen LogP contribution in [0.1, 0.15) is 16.8 Å². The predicted molar refractivity (Wildman–Crippen MR) is 132 cm³/mol. The smallest absolute Gasteiger partial charge is 0.291 e. The summed E-state index contributed by atoms with van der Waals surface area (Å²) >= 11 is 0.758. The number of phenolic OH excluding ortho intramolecular Hbond substituents is 9. The maximum atomic E-state index is 12.4. The third-order valence-electron chi connectivity index (χ3n) is 5.60. The van der Waals surface area contributed by atoms with Gasteiger partial charge in [0.25, 0.3) is 11.7 Å². The lowest BCUT2D eigenvalue weighted by molar-refractivity contribution is -0.185. The van der Waals surface area contributed by atoms with Crippen LogP contribution in [0.3, 0.4) is 0 Å². The van der Waals surface area contributed by atoms with Gasteiger partial charge in [0.1, 0.15) is 11.4 Å². The van der Waals surface area contributed by atoms with Gasteiger partial charge in [-0.2, -0.15) is 0 Å². The molecule has 3 rings (SSSR count). The highest BCUT2D eigenvalue weighted by atomic mass is 32.1. The number of carbonyl (C=O) groups is 1. The van der Waals surface area contributed by atoms with Gasteiger partial charge in [0.2, 0.25) is 23.2 Å². The first-order valence-corrected chi connectivity index (χ1v) is 11.6. The summed E-state index contributed by atoms with van der Waals surface area (Å²) in [7, 11) is 0. The van der Waals surface area contributed by atoms with Crippen molar-refractivity contribution in [3.8, 4) is 51.7 Å². The molecule has 0 saturated heterocycles. The molecule has 0 aliphatic rings. The SMILES string of the molecule is Nc1nc(C(O)(O)C(=O)Nc2c(O)c(O)c(CC(O)(O)NCCc3c(O)c(O)c(O)c(O)c3O)c(O)c2O)cs1. The summed E-state index contributed by atoms with van der Waals surface area (Å²) in [5, 5.41) is 135. The summed E-state index contributed by atoms with van der Waals surface area (Å²) < 4.78 is 0. The Morgan fingerprint density at radius 2 is 1.25 bits per heavy atom. The number of anilines is 2. The summed E-state index contributed by atoms with van der Waals surface area (Å²) in [5.74, 6) is -18.8. The predicted octanol–water partition coefficient (Wildman–Crippen LogP) is -2.14. The van der Waals surface area contributed by atoms with Gasteiger partial charge in [0.15, 0.2) is 39.6 Å². The van der Waals surface area contributed by atoms with Gasteiger partial charge in [-0.15, -0.1) is 11.3 Å². The van der Waals surface area contributed by atoms with Crippen molar-refractivity contribution < 1.29 is 71.2 Å². The van der Waals surface area contributed by atoms with Gasteiger partial charge in [-0.05, 0) is 6.42 Å². The molecule has 1 heterocycles. The van der Waals surface area contributed by atoms with E-state index in [1.165, 1.54) is 0 Å². The zero-order valence-corrected chi connectivity index (χ0v) is 20.7. The van der Waals surface area contributed by atoms with E-state index in [4.69, 9.17) is 5.73 Å². The molecule has 18 nitrogen and oxygen atoms in total. The first kappa shape index (κ1) is 29.9. The van der Waals surface area contributed by atoms with E-state index in [1.54, 1.807) is 5.32 Å². The average Bonchev–Trinajstić information content (AvgIpc) is 3.34. The number of rotatable bonds is 9. The van der Waals surface area contributed by atoms with E-state index < -0.39 is 111 Å². The van der Waals surface area contributed by atoms with Gasteiger partial charge >= 0.3 is 0 Å². The molecular formula is C21H24N4O14S. The van der Waals surface area contributed by atoms with Gasteiger partial charge in [0, 0.05) is 23.9 Å². The molecule has 0 atom stereocenters. The van der Waals surface area contributed by atoms with Crippen LogP contribution in [0, 0.1) is 0 Å². The van der Waals surface area contributed by atoms with Crippen LogP contribution in [0.2, 0.25) is 0 Å². The highest BCUT2D eigenvalue weighted by Crippen LogP contribution is 2.52. The van der Waals surface area contributed by atoms with E-state index in [1.807, 2.05) is 0 Å². The molecule has 19 heteroatoms. The van der Waals surface area contributed by atoms with Crippen LogP contribution >= 0.6 is 11.3 Å². The third kappa shape index (κ3) is 5.40. The molecule has 1 amide bonds. The van der Waals surface area contributed by atoms with Crippen LogP contribution < -0.4 is 16.4 Å². The van der Waals surface area contributed by atoms with Crippen molar-refractivity contribution in [2.24, 2.45) is 0 Å². The molecule has 3 aromatic rings. The first-order valence-electron chi connectivity index (χ1n) is 10.7. The fraction of sp³-hybridized carbons (Fsp3) is 0.238. The largest absolute Gasteiger partial charge is 0.504 e. The summed E-state index contributed by atoms with van der Waals surface area (Å²) in [6.45, 7) is -0.540. The number of nitrogens with one attached hydrogen (secondary N) is 2. The second-order valence-corrected chi connectivity index (χ2v) is 9.23. The molecule has 40 heavy (non-hydrogen) atoms. The molecule has 0 saturated carbocycles. The lowest BCUT2D eigenvalue weighted by atomic mass is 10.0. The molecular weight excluding hydrogens is 564 g/mol. The first-order chi connectivity index (χ1) is 18.4. The van der Waals surface area contributed by atoms with E-state index >= 15 is 0 Å². The second-order valence-electron chi connectivity index (χ2n) is 8.34. The number of aromatic nitrogens is 1. The summed E-state index contributed by atoms with van der Waals surface area (Å²) in [6.07, 6.45) is -1.66. The minimum Gasteiger partial charge on any atom is -0.504 e. The second kappa shape index (κ2) is 10.5. The number of aromatic hydroxyl groups is 9. The highest BCUT2D eigenvalue weighted by molar-refractivity contribution is 7.13. The molecule has 0 bridgehead atoms. The molecule has 17 N–H and O–H groups in total. The van der Waals surface area contributed by atoms with E-state index in [0.717, 1.165) is 16.7 Å². The third-order valence-corrected chi connectivity index (χ3v) is 6.28. The van der Waals surface area contributed by atoms with Gasteiger partial charge < -0.3 is 77.4 Å². The van der Waals surface area contributed by atoms with E-state index in [2.05, 4.69) is 10.3 Å². The number of nitrogens with zero attached hydrogens (tertiary/aromatic N) is 1. The maximum absolute atomic E-state index is 12.4.